The van der Waals surface area contributed by atoms with Crippen LogP contribution in [-0.4, -0.2) is 0 Å². The van der Waals surface area contributed by atoms with Gasteiger partial charge in [0.25, 0.3) is 0 Å². The second-order valence-electron chi connectivity index (χ2n) is 22.0. The van der Waals surface area contributed by atoms with Gasteiger partial charge in [0.2, 0.25) is 0 Å². The predicted octanol–water partition coefficient (Wildman–Crippen LogP) is 22.4. The van der Waals surface area contributed by atoms with E-state index in [2.05, 4.69) is 187 Å². The average Bonchev–Trinajstić information content (AvgIpc) is 4.10. The van der Waals surface area contributed by atoms with Crippen molar-refractivity contribution in [1.29, 1.82) is 0 Å². The third-order valence-electron chi connectivity index (χ3n) is 11.9. The van der Waals surface area contributed by atoms with E-state index in [0.29, 0.717) is 5.41 Å². The summed E-state index contributed by atoms with van der Waals surface area (Å²) in [6.45, 7) is 60.8. The van der Waals surface area contributed by atoms with E-state index in [9.17, 15) is 0 Å². The summed E-state index contributed by atoms with van der Waals surface area (Å²) in [6, 6.07) is 0. The maximum atomic E-state index is 2.30. The quantitative estimate of drug-likeness (QED) is 0.163. The molecule has 0 amide bonds. The molecule has 0 saturated heterocycles. The van der Waals surface area contributed by atoms with E-state index in [1.54, 1.807) is 0 Å². The molecule has 0 bridgehead atoms. The highest BCUT2D eigenvalue weighted by atomic mass is 14.4. The minimum absolute atomic E-state index is 0.542. The Kier molecular flexibility index (Phi) is 63.2. The SMILES string of the molecule is CC(C)C(C)C.CC1(C)CC1.CC1C[C@H]1C.CCC(C)(C)C.CCC(C)CC.CCC(C)CC.CCC1CC1.CCCC(C)C.CCCC(C)C.CCCCCC. The molecule has 0 aromatic carbocycles. The molecule has 57 heavy (non-hydrogen) atoms. The summed E-state index contributed by atoms with van der Waals surface area (Å²) < 4.78 is 0. The summed E-state index contributed by atoms with van der Waals surface area (Å²) in [5, 5.41) is 0. The Labute approximate surface area is 371 Å². The van der Waals surface area contributed by atoms with Crippen LogP contribution in [-0.2, 0) is 0 Å². The van der Waals surface area contributed by atoms with Crippen molar-refractivity contribution in [1.82, 2.24) is 0 Å². The topological polar surface area (TPSA) is 0 Å². The molecule has 0 aromatic heterocycles. The second kappa shape index (κ2) is 50.4. The number of unbranched alkanes of at least 4 members (excludes halogenated alkanes) is 3. The molecule has 3 rings (SSSR count). The van der Waals surface area contributed by atoms with Crippen molar-refractivity contribution in [2.45, 2.75) is 309 Å². The van der Waals surface area contributed by atoms with Gasteiger partial charge in [-0.1, -0.05) is 290 Å². The third-order valence-corrected chi connectivity index (χ3v) is 11.9. The van der Waals surface area contributed by atoms with Gasteiger partial charge in [-0.05, 0) is 83.4 Å². The van der Waals surface area contributed by atoms with E-state index in [1.807, 2.05) is 0 Å². The van der Waals surface area contributed by atoms with Crippen LogP contribution in [0.5, 0.6) is 0 Å². The molecule has 0 spiro atoms. The van der Waals surface area contributed by atoms with Gasteiger partial charge in [0.15, 0.2) is 0 Å². The van der Waals surface area contributed by atoms with Crippen LogP contribution in [0.1, 0.15) is 309 Å². The monoisotopic (exact) mass is 813 g/mol. The Morgan fingerprint density at radius 3 is 0.754 bits per heavy atom. The van der Waals surface area contributed by atoms with Crippen LogP contribution in [0.4, 0.5) is 0 Å². The zero-order chi connectivity index (χ0) is 46.6. The Morgan fingerprint density at radius 2 is 0.737 bits per heavy atom. The largest absolute Gasteiger partial charge is 0.0654 e. The van der Waals surface area contributed by atoms with E-state index in [0.717, 1.165) is 58.7 Å². The molecular weight excluding hydrogens is 685 g/mol. The maximum absolute atomic E-state index is 2.30. The molecular formula is C57H128. The predicted molar refractivity (Wildman–Crippen MR) is 277 cm³/mol. The van der Waals surface area contributed by atoms with Gasteiger partial charge in [0, 0.05) is 0 Å². The van der Waals surface area contributed by atoms with E-state index in [1.165, 1.54) is 122 Å². The number of hydrogen-bond acceptors (Lipinski definition) is 0. The fourth-order valence-electron chi connectivity index (χ4n) is 3.52. The van der Waals surface area contributed by atoms with Crippen LogP contribution in [0.3, 0.4) is 0 Å². The highest BCUT2D eigenvalue weighted by Gasteiger charge is 2.30. The molecule has 0 heteroatoms. The molecule has 0 nitrogen and oxygen atoms in total. The van der Waals surface area contributed by atoms with Gasteiger partial charge in [-0.25, -0.2) is 0 Å². The lowest BCUT2D eigenvalue weighted by Gasteiger charge is -2.12. The summed E-state index contributed by atoms with van der Waals surface area (Å²) in [5.74, 6) is 8.61. The van der Waals surface area contributed by atoms with Crippen molar-refractivity contribution in [3.8, 4) is 0 Å². The first-order chi connectivity index (χ1) is 26.2. The van der Waals surface area contributed by atoms with Gasteiger partial charge in [-0.15, -0.1) is 0 Å². The molecule has 0 aliphatic heterocycles. The Morgan fingerprint density at radius 1 is 0.491 bits per heavy atom. The normalized spacial score (nSPS) is 16.6. The zero-order valence-electron chi connectivity index (χ0n) is 46.6. The molecule has 2 atom stereocenters. The summed E-state index contributed by atoms with van der Waals surface area (Å²) in [4.78, 5) is 0. The average molecular weight is 814 g/mol. The lowest BCUT2D eigenvalue weighted by atomic mass is 9.94. The maximum Gasteiger partial charge on any atom is -0.0354 e. The highest BCUT2D eigenvalue weighted by molar-refractivity contribution is 4.82. The van der Waals surface area contributed by atoms with Gasteiger partial charge < -0.3 is 0 Å². The van der Waals surface area contributed by atoms with Crippen molar-refractivity contribution in [3.05, 3.63) is 0 Å². The molecule has 356 valence electrons. The lowest BCUT2D eigenvalue weighted by Crippen LogP contribution is -2.00. The minimum atomic E-state index is 0.542. The Balaban J connectivity index is -0.0000000975. The summed E-state index contributed by atoms with van der Waals surface area (Å²) in [6.07, 6.45) is 26.4. The fourth-order valence-corrected chi connectivity index (χ4v) is 3.52. The molecule has 0 radical (unpaired) electrons. The molecule has 3 saturated carbocycles. The smallest absolute Gasteiger partial charge is 0.0354 e. The van der Waals surface area contributed by atoms with Crippen LogP contribution >= 0.6 is 0 Å². The van der Waals surface area contributed by atoms with E-state index in [4.69, 9.17) is 0 Å². The molecule has 1 unspecified atom stereocenters. The van der Waals surface area contributed by atoms with Gasteiger partial charge in [-0.2, -0.15) is 0 Å². The first kappa shape index (κ1) is 71.5. The van der Waals surface area contributed by atoms with Gasteiger partial charge in [0.1, 0.15) is 0 Å². The molecule has 0 aromatic rings. The third kappa shape index (κ3) is 102. The van der Waals surface area contributed by atoms with Crippen molar-refractivity contribution in [2.75, 3.05) is 0 Å². The molecule has 3 aliphatic carbocycles. The van der Waals surface area contributed by atoms with Gasteiger partial charge in [0.05, 0.1) is 0 Å². The van der Waals surface area contributed by atoms with Crippen molar-refractivity contribution in [3.63, 3.8) is 0 Å². The zero-order valence-corrected chi connectivity index (χ0v) is 46.6. The summed E-state index contributed by atoms with van der Waals surface area (Å²) in [5.41, 5.74) is 1.29. The van der Waals surface area contributed by atoms with Crippen LogP contribution in [0.15, 0.2) is 0 Å². The Bertz CT molecular complexity index is 604. The van der Waals surface area contributed by atoms with Crippen LogP contribution in [0, 0.1) is 64.1 Å². The second-order valence-corrected chi connectivity index (χ2v) is 22.0. The van der Waals surface area contributed by atoms with Gasteiger partial charge >= 0.3 is 0 Å². The molecule has 0 heterocycles. The molecule has 0 N–H and O–H groups in total. The summed E-state index contributed by atoms with van der Waals surface area (Å²) >= 11 is 0. The molecule has 3 aliphatic rings. The van der Waals surface area contributed by atoms with Crippen molar-refractivity contribution in [2.24, 2.45) is 64.1 Å². The van der Waals surface area contributed by atoms with E-state index >= 15 is 0 Å². The van der Waals surface area contributed by atoms with Crippen molar-refractivity contribution < 1.29 is 0 Å². The standard InChI is InChI=1S/7C6H14.3C5H10/c1-5-6(2,3)4;1-5(2)6(3)4;2*1-4-5-6(2)3;2*1-4-6(3)5-2;1-3-5-6-4-2;1-5(2)3-4-5;1-4-3-5(4)2;1-2-5-3-4-5/h5H2,1-4H3;5-6H,1-4H3;4*6H,4-5H2,1-3H3;3-6H2,1-2H3;3-4H2,1-2H3;4-5H,3H2,1-2H3;5H,2-4H2,1H3/t;;;;;;;;4-,5?;/m........1./s1. The minimum Gasteiger partial charge on any atom is -0.0654 e. The number of hydrogen-bond donors (Lipinski definition) is 0. The Hall–Kier alpha value is 0. The highest BCUT2D eigenvalue weighted by Crippen LogP contribution is 2.43. The summed E-state index contributed by atoms with van der Waals surface area (Å²) in [7, 11) is 0. The molecule has 3 fully saturated rings. The van der Waals surface area contributed by atoms with E-state index < -0.39 is 0 Å². The fraction of sp³-hybridized carbons (Fsp3) is 1.00. The van der Waals surface area contributed by atoms with Gasteiger partial charge in [-0.3, -0.25) is 0 Å². The van der Waals surface area contributed by atoms with Crippen LogP contribution in [0.25, 0.3) is 0 Å². The van der Waals surface area contributed by atoms with Crippen LogP contribution in [0.2, 0.25) is 0 Å². The van der Waals surface area contributed by atoms with E-state index in [-0.39, 0.29) is 0 Å². The number of rotatable bonds is 13. The van der Waals surface area contributed by atoms with Crippen molar-refractivity contribution >= 4 is 0 Å². The lowest BCUT2D eigenvalue weighted by molar-refractivity contribution is 0.398. The first-order valence-electron chi connectivity index (χ1n) is 26.2. The van der Waals surface area contributed by atoms with Crippen LogP contribution < -0.4 is 0 Å². The first-order valence-corrected chi connectivity index (χ1v) is 26.2.